The molecule has 0 aliphatic rings. The fourth-order valence-electron chi connectivity index (χ4n) is 2.99. The Kier molecular flexibility index (Phi) is 12.3. The zero-order chi connectivity index (χ0) is 19.9. The Morgan fingerprint density at radius 3 is 2.30 bits per heavy atom. The van der Waals surface area contributed by atoms with Gasteiger partial charge in [-0.25, -0.2) is 4.79 Å². The molecular weight excluding hydrogens is 336 g/mol. The van der Waals surface area contributed by atoms with Crippen molar-refractivity contribution in [1.29, 1.82) is 0 Å². The average molecular weight is 375 g/mol. The lowest BCUT2D eigenvalue weighted by atomic mass is 10.0. The highest BCUT2D eigenvalue weighted by Gasteiger charge is 2.17. The van der Waals surface area contributed by atoms with Crippen molar-refractivity contribution in [2.24, 2.45) is 0 Å². The zero-order valence-corrected chi connectivity index (χ0v) is 17.6. The maximum atomic E-state index is 12.0. The molecule has 0 radical (unpaired) electrons. The second kappa shape index (κ2) is 14.3. The smallest absolute Gasteiger partial charge is 0.336 e. The van der Waals surface area contributed by atoms with Crippen LogP contribution in [0, 0.1) is 0 Å². The predicted octanol–water partition coefficient (Wildman–Crippen LogP) is 6.99. The van der Waals surface area contributed by atoms with Crippen molar-refractivity contribution >= 4 is 5.97 Å². The molecule has 1 aromatic rings. The van der Waals surface area contributed by atoms with Gasteiger partial charge < -0.3 is 9.47 Å². The van der Waals surface area contributed by atoms with Gasteiger partial charge in [-0.3, -0.25) is 0 Å². The van der Waals surface area contributed by atoms with E-state index in [0.717, 1.165) is 37.9 Å². The van der Waals surface area contributed by atoms with E-state index >= 15 is 0 Å². The standard InChI is InChI=1S/C24H38O3/c1-5-7-9-10-11-13-16-21-17-14-15-18-22(21)26-23(19-12-8-6-2)27-24(25)20(3)4/h14-15,17-18,23H,3,5-13,16,19H2,1-2,4H3. The van der Waals surface area contributed by atoms with Gasteiger partial charge in [-0.15, -0.1) is 0 Å². The molecule has 0 heterocycles. The van der Waals surface area contributed by atoms with E-state index in [1.165, 1.54) is 37.7 Å². The van der Waals surface area contributed by atoms with Crippen molar-refractivity contribution in [1.82, 2.24) is 0 Å². The fourth-order valence-corrected chi connectivity index (χ4v) is 2.99. The molecule has 1 rings (SSSR count). The quantitative estimate of drug-likeness (QED) is 0.144. The molecule has 3 heteroatoms. The van der Waals surface area contributed by atoms with Gasteiger partial charge in [0.15, 0.2) is 0 Å². The molecule has 1 aromatic carbocycles. The molecule has 27 heavy (non-hydrogen) atoms. The topological polar surface area (TPSA) is 35.5 Å². The summed E-state index contributed by atoms with van der Waals surface area (Å²) in [6, 6.07) is 8.12. The number of hydrogen-bond donors (Lipinski definition) is 0. The molecule has 1 unspecified atom stereocenters. The third kappa shape index (κ3) is 10.2. The largest absolute Gasteiger partial charge is 0.454 e. The molecule has 0 spiro atoms. The van der Waals surface area contributed by atoms with E-state index in [-0.39, 0.29) is 5.97 Å². The first kappa shape index (κ1) is 23.3. The van der Waals surface area contributed by atoms with Crippen LogP contribution in [0.25, 0.3) is 0 Å². The summed E-state index contributed by atoms with van der Waals surface area (Å²) in [5.74, 6) is 0.451. The van der Waals surface area contributed by atoms with Gasteiger partial charge in [0.25, 0.3) is 0 Å². The third-order valence-corrected chi connectivity index (χ3v) is 4.66. The minimum Gasteiger partial charge on any atom is -0.454 e. The third-order valence-electron chi connectivity index (χ3n) is 4.66. The van der Waals surface area contributed by atoms with Crippen LogP contribution in [0.3, 0.4) is 0 Å². The van der Waals surface area contributed by atoms with Gasteiger partial charge >= 0.3 is 5.97 Å². The Labute approximate surface area is 166 Å². The van der Waals surface area contributed by atoms with Gasteiger partial charge in [0.2, 0.25) is 6.29 Å². The normalized spacial score (nSPS) is 11.8. The van der Waals surface area contributed by atoms with Gasteiger partial charge in [-0.2, -0.15) is 0 Å². The van der Waals surface area contributed by atoms with Crippen molar-refractivity contribution in [2.75, 3.05) is 0 Å². The van der Waals surface area contributed by atoms with Gasteiger partial charge in [-0.1, -0.05) is 83.6 Å². The molecule has 0 aliphatic carbocycles. The lowest BCUT2D eigenvalue weighted by Crippen LogP contribution is -2.25. The molecule has 1 atom stereocenters. The Morgan fingerprint density at radius 2 is 1.59 bits per heavy atom. The molecule has 0 bridgehead atoms. The molecule has 0 N–H and O–H groups in total. The number of hydrogen-bond acceptors (Lipinski definition) is 3. The van der Waals surface area contributed by atoms with Crippen LogP contribution in [0.1, 0.15) is 90.5 Å². The first-order chi connectivity index (χ1) is 13.1. The molecule has 0 saturated heterocycles. The van der Waals surface area contributed by atoms with Crippen molar-refractivity contribution in [3.63, 3.8) is 0 Å². The van der Waals surface area contributed by atoms with E-state index in [9.17, 15) is 4.79 Å². The molecular formula is C24H38O3. The van der Waals surface area contributed by atoms with E-state index < -0.39 is 6.29 Å². The van der Waals surface area contributed by atoms with Gasteiger partial charge in [0, 0.05) is 12.0 Å². The van der Waals surface area contributed by atoms with Crippen molar-refractivity contribution in [2.45, 2.75) is 97.7 Å². The summed E-state index contributed by atoms with van der Waals surface area (Å²) in [5.41, 5.74) is 1.60. The number of carbonyl (C=O) groups is 1. The molecule has 152 valence electrons. The minimum absolute atomic E-state index is 0.384. The van der Waals surface area contributed by atoms with Crippen LogP contribution >= 0.6 is 0 Å². The number of benzene rings is 1. The molecule has 3 nitrogen and oxygen atoms in total. The van der Waals surface area contributed by atoms with E-state index in [1.54, 1.807) is 6.92 Å². The van der Waals surface area contributed by atoms with Crippen molar-refractivity contribution in [3.05, 3.63) is 42.0 Å². The molecule has 0 aliphatic heterocycles. The highest BCUT2D eigenvalue weighted by molar-refractivity contribution is 5.87. The van der Waals surface area contributed by atoms with E-state index in [0.29, 0.717) is 12.0 Å². The summed E-state index contributed by atoms with van der Waals surface area (Å²) >= 11 is 0. The highest BCUT2D eigenvalue weighted by atomic mass is 16.7. The zero-order valence-electron chi connectivity index (χ0n) is 17.6. The Morgan fingerprint density at radius 1 is 0.963 bits per heavy atom. The SMILES string of the molecule is C=C(C)C(=O)OC(CCCCC)Oc1ccccc1CCCCCCCC. The van der Waals surface area contributed by atoms with Crippen LogP contribution in [-0.4, -0.2) is 12.3 Å². The lowest BCUT2D eigenvalue weighted by Gasteiger charge is -2.21. The van der Waals surface area contributed by atoms with Crippen LogP contribution in [-0.2, 0) is 16.0 Å². The first-order valence-electron chi connectivity index (χ1n) is 10.7. The number of unbranched alkanes of at least 4 members (excludes halogenated alkanes) is 7. The molecule has 0 aromatic heterocycles. The maximum absolute atomic E-state index is 12.0. The highest BCUT2D eigenvalue weighted by Crippen LogP contribution is 2.24. The fraction of sp³-hybridized carbons (Fsp3) is 0.625. The first-order valence-corrected chi connectivity index (χ1v) is 10.7. The van der Waals surface area contributed by atoms with Gasteiger partial charge in [0.05, 0.1) is 0 Å². The van der Waals surface area contributed by atoms with Crippen LogP contribution < -0.4 is 4.74 Å². The van der Waals surface area contributed by atoms with Crippen LogP contribution in [0.2, 0.25) is 0 Å². The number of carbonyl (C=O) groups excluding carboxylic acids is 1. The summed E-state index contributed by atoms with van der Waals surface area (Å²) in [4.78, 5) is 12.0. The Balaban J connectivity index is 2.64. The molecule has 0 fully saturated rings. The average Bonchev–Trinajstić information content (AvgIpc) is 2.65. The van der Waals surface area contributed by atoms with Crippen LogP contribution in [0.5, 0.6) is 5.75 Å². The van der Waals surface area contributed by atoms with Crippen molar-refractivity contribution < 1.29 is 14.3 Å². The second-order valence-corrected chi connectivity index (χ2v) is 7.35. The lowest BCUT2D eigenvalue weighted by molar-refractivity contribution is -0.159. The van der Waals surface area contributed by atoms with Gasteiger partial charge in [0.1, 0.15) is 5.75 Å². The van der Waals surface area contributed by atoms with E-state index in [1.807, 2.05) is 18.2 Å². The Hall–Kier alpha value is -1.77. The maximum Gasteiger partial charge on any atom is 0.336 e. The summed E-state index contributed by atoms with van der Waals surface area (Å²) in [6.45, 7) is 9.73. The summed E-state index contributed by atoms with van der Waals surface area (Å²) in [7, 11) is 0. The Bertz CT molecular complexity index is 550. The van der Waals surface area contributed by atoms with E-state index in [4.69, 9.17) is 9.47 Å². The number of rotatable bonds is 15. The number of ether oxygens (including phenoxy) is 2. The summed E-state index contributed by atoms with van der Waals surface area (Å²) < 4.78 is 11.7. The van der Waals surface area contributed by atoms with Crippen molar-refractivity contribution in [3.8, 4) is 5.75 Å². The minimum atomic E-state index is -0.550. The summed E-state index contributed by atoms with van der Waals surface area (Å²) in [6.07, 6.45) is 12.0. The van der Waals surface area contributed by atoms with Crippen LogP contribution in [0.15, 0.2) is 36.4 Å². The van der Waals surface area contributed by atoms with Gasteiger partial charge in [-0.05, 0) is 37.8 Å². The predicted molar refractivity (Wildman–Crippen MR) is 113 cm³/mol. The van der Waals surface area contributed by atoms with E-state index in [2.05, 4.69) is 26.5 Å². The van der Waals surface area contributed by atoms with Crippen LogP contribution in [0.4, 0.5) is 0 Å². The monoisotopic (exact) mass is 374 g/mol. The molecule has 0 amide bonds. The molecule has 0 saturated carbocycles. The summed E-state index contributed by atoms with van der Waals surface area (Å²) in [5, 5.41) is 0. The second-order valence-electron chi connectivity index (χ2n) is 7.35. The number of aryl methyl sites for hydroxylation is 1. The number of esters is 1. The number of para-hydroxylation sites is 1.